The van der Waals surface area contributed by atoms with Crippen LogP contribution in [0.2, 0.25) is 0 Å². The number of fused-ring (bicyclic) bond motifs is 1. The molecule has 2 rings (SSSR count). The number of rotatable bonds is 5. The van der Waals surface area contributed by atoms with Crippen molar-refractivity contribution in [2.45, 2.75) is 32.2 Å². The number of benzene rings is 1. The van der Waals surface area contributed by atoms with Gasteiger partial charge in [-0.3, -0.25) is 9.78 Å². The Hall–Kier alpha value is -1.46. The van der Waals surface area contributed by atoms with Crippen molar-refractivity contribution in [2.75, 3.05) is 5.32 Å². The van der Waals surface area contributed by atoms with Crippen LogP contribution in [0.15, 0.2) is 34.9 Å². The Balaban J connectivity index is 2.08. The fourth-order valence-electron chi connectivity index (χ4n) is 2.03. The van der Waals surface area contributed by atoms with Gasteiger partial charge in [0.25, 0.3) is 0 Å². The maximum absolute atomic E-state index is 11.9. The third kappa shape index (κ3) is 4.02. The van der Waals surface area contributed by atoms with Crippen LogP contribution in [0.25, 0.3) is 10.9 Å². The maximum atomic E-state index is 11.9. The lowest BCUT2D eigenvalue weighted by Gasteiger charge is -2.09. The number of nitrogens with zero attached hydrogens (tertiary/aromatic N) is 1. The van der Waals surface area contributed by atoms with E-state index < -0.39 is 0 Å². The van der Waals surface area contributed by atoms with E-state index in [1.165, 1.54) is 0 Å². The van der Waals surface area contributed by atoms with Crippen LogP contribution < -0.4 is 11.1 Å². The summed E-state index contributed by atoms with van der Waals surface area (Å²) in [6.45, 7) is 1.95. The number of carbonyl (C=O) groups excluding carboxylic acids is 1. The van der Waals surface area contributed by atoms with E-state index in [1.807, 2.05) is 31.2 Å². The van der Waals surface area contributed by atoms with Gasteiger partial charge in [-0.05, 0) is 47.8 Å². The minimum atomic E-state index is 0.00266. The number of amides is 1. The summed E-state index contributed by atoms with van der Waals surface area (Å²) in [5.41, 5.74) is 7.23. The van der Waals surface area contributed by atoms with E-state index in [0.717, 1.165) is 33.9 Å². The summed E-state index contributed by atoms with van der Waals surface area (Å²) in [6.07, 6.45) is 3.87. The molecule has 1 unspecified atom stereocenters. The molecule has 5 heteroatoms. The summed E-state index contributed by atoms with van der Waals surface area (Å²) in [6, 6.07) is 7.87. The van der Waals surface area contributed by atoms with Crippen LogP contribution in [0, 0.1) is 0 Å². The fourth-order valence-corrected chi connectivity index (χ4v) is 2.38. The molecule has 20 heavy (non-hydrogen) atoms. The Morgan fingerprint density at radius 1 is 1.50 bits per heavy atom. The van der Waals surface area contributed by atoms with Crippen LogP contribution in [-0.2, 0) is 4.79 Å². The minimum absolute atomic E-state index is 0.00266. The number of carbonyl (C=O) groups is 1. The fraction of sp³-hybridized carbons (Fsp3) is 0.333. The second-order valence-electron chi connectivity index (χ2n) is 4.95. The molecule has 4 nitrogen and oxygen atoms in total. The average molecular weight is 336 g/mol. The van der Waals surface area contributed by atoms with Crippen LogP contribution >= 0.6 is 15.9 Å². The van der Waals surface area contributed by atoms with Gasteiger partial charge in [-0.15, -0.1) is 0 Å². The predicted molar refractivity (Wildman–Crippen MR) is 85.6 cm³/mol. The zero-order valence-corrected chi connectivity index (χ0v) is 13.0. The van der Waals surface area contributed by atoms with E-state index in [9.17, 15) is 4.79 Å². The van der Waals surface area contributed by atoms with Gasteiger partial charge in [0.05, 0.1) is 11.2 Å². The van der Waals surface area contributed by atoms with Crippen LogP contribution in [0.1, 0.15) is 26.2 Å². The van der Waals surface area contributed by atoms with Crippen molar-refractivity contribution in [3.05, 3.63) is 34.9 Å². The number of nitrogens with one attached hydrogen (secondary N) is 1. The molecule has 1 aromatic heterocycles. The average Bonchev–Trinajstić information content (AvgIpc) is 2.38. The number of hydrogen-bond donors (Lipinski definition) is 2. The number of nitrogens with two attached hydrogens (primary N) is 1. The first-order valence-electron chi connectivity index (χ1n) is 6.66. The van der Waals surface area contributed by atoms with Crippen molar-refractivity contribution >= 4 is 38.4 Å². The molecular formula is C15H18BrN3O. The van der Waals surface area contributed by atoms with E-state index in [2.05, 4.69) is 26.2 Å². The third-order valence-electron chi connectivity index (χ3n) is 3.01. The standard InChI is InChI=1S/C15H18BrN3O/c1-10(17)4-2-7-14(20)19-13-6-3-5-11-8-12(16)9-18-15(11)13/h3,5-6,8-10H,2,4,7,17H2,1H3,(H,19,20). The molecule has 3 N–H and O–H groups in total. The molecule has 1 amide bonds. The molecule has 0 spiro atoms. The third-order valence-corrected chi connectivity index (χ3v) is 3.45. The molecule has 1 heterocycles. The Bertz CT molecular complexity index is 613. The highest BCUT2D eigenvalue weighted by Crippen LogP contribution is 2.24. The van der Waals surface area contributed by atoms with Crippen molar-refractivity contribution in [1.82, 2.24) is 4.98 Å². The Labute approximate surface area is 126 Å². The smallest absolute Gasteiger partial charge is 0.224 e. The molecule has 0 aliphatic carbocycles. The second-order valence-corrected chi connectivity index (χ2v) is 5.86. The molecule has 0 bridgehead atoms. The van der Waals surface area contributed by atoms with Crippen molar-refractivity contribution in [1.29, 1.82) is 0 Å². The number of pyridine rings is 1. The summed E-state index contributed by atoms with van der Waals surface area (Å²) >= 11 is 3.39. The summed E-state index contributed by atoms with van der Waals surface area (Å²) in [7, 11) is 0. The highest BCUT2D eigenvalue weighted by molar-refractivity contribution is 9.10. The molecular weight excluding hydrogens is 318 g/mol. The zero-order chi connectivity index (χ0) is 14.5. The van der Waals surface area contributed by atoms with E-state index in [0.29, 0.717) is 6.42 Å². The Morgan fingerprint density at radius 3 is 3.05 bits per heavy atom. The van der Waals surface area contributed by atoms with Crippen LogP contribution in [0.5, 0.6) is 0 Å². The lowest BCUT2D eigenvalue weighted by atomic mass is 10.1. The summed E-state index contributed by atoms with van der Waals surface area (Å²) in [5.74, 6) is 0.00266. The molecule has 0 radical (unpaired) electrons. The lowest BCUT2D eigenvalue weighted by molar-refractivity contribution is -0.116. The molecule has 1 atom stereocenters. The number of anilines is 1. The van der Waals surface area contributed by atoms with Crippen LogP contribution in [0.4, 0.5) is 5.69 Å². The normalized spacial score (nSPS) is 12.3. The largest absolute Gasteiger partial charge is 0.328 e. The SMILES string of the molecule is CC(N)CCCC(=O)Nc1cccc2cc(Br)cnc12. The van der Waals surface area contributed by atoms with Crippen molar-refractivity contribution in [3.63, 3.8) is 0 Å². The van der Waals surface area contributed by atoms with Gasteiger partial charge in [-0.25, -0.2) is 0 Å². The quantitative estimate of drug-likeness (QED) is 0.879. The van der Waals surface area contributed by atoms with Gasteiger partial charge in [0.2, 0.25) is 5.91 Å². The Kier molecular flexibility index (Phi) is 5.09. The van der Waals surface area contributed by atoms with E-state index in [1.54, 1.807) is 6.20 Å². The van der Waals surface area contributed by atoms with E-state index in [4.69, 9.17) is 5.73 Å². The number of para-hydroxylation sites is 1. The van der Waals surface area contributed by atoms with Gasteiger partial charge in [0, 0.05) is 28.5 Å². The van der Waals surface area contributed by atoms with Gasteiger partial charge in [-0.1, -0.05) is 12.1 Å². The lowest BCUT2D eigenvalue weighted by Crippen LogP contribution is -2.17. The molecule has 1 aromatic carbocycles. The van der Waals surface area contributed by atoms with Gasteiger partial charge < -0.3 is 11.1 Å². The zero-order valence-electron chi connectivity index (χ0n) is 11.4. The van der Waals surface area contributed by atoms with Gasteiger partial charge in [0.15, 0.2) is 0 Å². The maximum Gasteiger partial charge on any atom is 0.224 e. The van der Waals surface area contributed by atoms with Gasteiger partial charge in [0.1, 0.15) is 0 Å². The van der Waals surface area contributed by atoms with Crippen molar-refractivity contribution in [3.8, 4) is 0 Å². The summed E-state index contributed by atoms with van der Waals surface area (Å²) < 4.78 is 0.922. The highest BCUT2D eigenvalue weighted by atomic mass is 79.9. The highest BCUT2D eigenvalue weighted by Gasteiger charge is 2.07. The second kappa shape index (κ2) is 6.81. The summed E-state index contributed by atoms with van der Waals surface area (Å²) in [4.78, 5) is 16.3. The van der Waals surface area contributed by atoms with E-state index in [-0.39, 0.29) is 11.9 Å². The molecule has 0 fully saturated rings. The molecule has 0 saturated heterocycles. The molecule has 0 aliphatic heterocycles. The summed E-state index contributed by atoms with van der Waals surface area (Å²) in [5, 5.41) is 3.91. The van der Waals surface area contributed by atoms with Crippen LogP contribution in [0.3, 0.4) is 0 Å². The monoisotopic (exact) mass is 335 g/mol. The van der Waals surface area contributed by atoms with Crippen LogP contribution in [-0.4, -0.2) is 16.9 Å². The number of hydrogen-bond acceptors (Lipinski definition) is 3. The molecule has 0 aliphatic rings. The topological polar surface area (TPSA) is 68.0 Å². The van der Waals surface area contributed by atoms with E-state index >= 15 is 0 Å². The van der Waals surface area contributed by atoms with Crippen molar-refractivity contribution < 1.29 is 4.79 Å². The number of halogens is 1. The van der Waals surface area contributed by atoms with Gasteiger partial charge >= 0.3 is 0 Å². The first-order chi connectivity index (χ1) is 9.56. The molecule has 106 valence electrons. The number of aromatic nitrogens is 1. The minimum Gasteiger partial charge on any atom is -0.328 e. The molecule has 0 saturated carbocycles. The van der Waals surface area contributed by atoms with Gasteiger partial charge in [-0.2, -0.15) is 0 Å². The first kappa shape index (κ1) is 14.9. The molecule has 2 aromatic rings. The first-order valence-corrected chi connectivity index (χ1v) is 7.45. The Morgan fingerprint density at radius 2 is 2.30 bits per heavy atom. The predicted octanol–water partition coefficient (Wildman–Crippen LogP) is 3.45. The van der Waals surface area contributed by atoms with Crippen molar-refractivity contribution in [2.24, 2.45) is 5.73 Å².